The van der Waals surface area contributed by atoms with Gasteiger partial charge in [0.1, 0.15) is 36.3 Å². The van der Waals surface area contributed by atoms with Crippen LogP contribution < -0.4 is 20.1 Å². The number of pyridine rings is 1. The molecule has 1 aliphatic heterocycles. The Morgan fingerprint density at radius 1 is 0.981 bits per heavy atom. The summed E-state index contributed by atoms with van der Waals surface area (Å²) in [5.41, 5.74) is 9.66. The Morgan fingerprint density at radius 2 is 1.72 bits per heavy atom. The monoisotopic (exact) mass is 732 g/mol. The van der Waals surface area contributed by atoms with Crippen molar-refractivity contribution in [2.24, 2.45) is 0 Å². The number of hydrogen-bond donors (Lipinski definition) is 5. The summed E-state index contributed by atoms with van der Waals surface area (Å²) in [5.74, 6) is -0.452. The molecular formula is C42H41ClN4O6. The smallest absolute Gasteiger partial charge is 0.326 e. The third kappa shape index (κ3) is 8.20. The SMILES string of the molecule is Cc1c(COc2cc(OCc3cncc(C#N)c3)c(CN[C@@](C)(CO)C(=O)O)cc2Cl)cccc1-c1cccc(-c2ccc3c(c2)CNCC3O)c1C. The zero-order valence-corrected chi connectivity index (χ0v) is 30.5. The van der Waals surface area contributed by atoms with Gasteiger partial charge < -0.3 is 30.1 Å². The third-order valence-electron chi connectivity index (χ3n) is 9.81. The van der Waals surface area contributed by atoms with Gasteiger partial charge in [-0.05, 0) is 89.0 Å². The van der Waals surface area contributed by atoms with Crippen molar-refractivity contribution in [3.05, 3.63) is 135 Å². The number of aliphatic hydroxyl groups excluding tert-OH is 2. The fourth-order valence-corrected chi connectivity index (χ4v) is 6.71. The number of nitrogens with one attached hydrogen (secondary N) is 2. The third-order valence-corrected chi connectivity index (χ3v) is 10.1. The van der Waals surface area contributed by atoms with Crippen LogP contribution in [0.5, 0.6) is 11.5 Å². The Labute approximate surface area is 313 Å². The highest BCUT2D eigenvalue weighted by Crippen LogP contribution is 2.38. The summed E-state index contributed by atoms with van der Waals surface area (Å²) in [5, 5.41) is 45.6. The van der Waals surface area contributed by atoms with E-state index < -0.39 is 24.2 Å². The van der Waals surface area contributed by atoms with Gasteiger partial charge in [0.25, 0.3) is 0 Å². The maximum atomic E-state index is 11.8. The number of aliphatic carboxylic acids is 1. The van der Waals surface area contributed by atoms with Crippen molar-refractivity contribution in [1.29, 1.82) is 5.26 Å². The van der Waals surface area contributed by atoms with E-state index in [0.717, 1.165) is 56.6 Å². The second-order valence-corrected chi connectivity index (χ2v) is 13.8. The first kappa shape index (κ1) is 37.5. The van der Waals surface area contributed by atoms with Crippen LogP contribution >= 0.6 is 11.6 Å². The van der Waals surface area contributed by atoms with E-state index in [0.29, 0.717) is 39.8 Å². The molecule has 5 N–H and O–H groups in total. The van der Waals surface area contributed by atoms with E-state index in [1.807, 2.05) is 18.2 Å². The summed E-state index contributed by atoms with van der Waals surface area (Å²) in [6, 6.07) is 25.8. The molecule has 0 spiro atoms. The van der Waals surface area contributed by atoms with E-state index in [4.69, 9.17) is 21.1 Å². The zero-order chi connectivity index (χ0) is 37.7. The number of hydrogen-bond acceptors (Lipinski definition) is 9. The van der Waals surface area contributed by atoms with Gasteiger partial charge in [-0.3, -0.25) is 15.1 Å². The highest BCUT2D eigenvalue weighted by molar-refractivity contribution is 6.32. The molecule has 1 aliphatic rings. The minimum absolute atomic E-state index is 0.0268. The van der Waals surface area contributed by atoms with Gasteiger partial charge in [-0.2, -0.15) is 5.26 Å². The van der Waals surface area contributed by atoms with Gasteiger partial charge in [0.2, 0.25) is 0 Å². The summed E-state index contributed by atoms with van der Waals surface area (Å²) >= 11 is 6.75. The number of β-amino-alcohol motifs (C(OH)–C–C–N with tert-alkyl or cyclic N) is 1. The molecule has 0 saturated heterocycles. The molecule has 0 radical (unpaired) electrons. The van der Waals surface area contributed by atoms with Gasteiger partial charge in [0.15, 0.2) is 0 Å². The predicted molar refractivity (Wildman–Crippen MR) is 202 cm³/mol. The van der Waals surface area contributed by atoms with Crippen molar-refractivity contribution in [3.8, 4) is 39.8 Å². The number of carboxylic acids is 1. The van der Waals surface area contributed by atoms with Crippen molar-refractivity contribution >= 4 is 17.6 Å². The molecule has 10 nitrogen and oxygen atoms in total. The van der Waals surface area contributed by atoms with E-state index in [1.165, 1.54) is 13.1 Å². The number of aliphatic hydroxyl groups is 2. The van der Waals surface area contributed by atoms with Crippen LogP contribution in [0.15, 0.2) is 85.2 Å². The summed E-state index contributed by atoms with van der Waals surface area (Å²) in [6.07, 6.45) is 2.56. The molecule has 6 rings (SSSR count). The topological polar surface area (TPSA) is 157 Å². The van der Waals surface area contributed by atoms with Crippen LogP contribution in [-0.4, -0.2) is 45.0 Å². The molecule has 2 heterocycles. The molecule has 0 fully saturated rings. The average Bonchev–Trinajstić information content (AvgIpc) is 3.16. The van der Waals surface area contributed by atoms with Gasteiger partial charge in [-0.25, -0.2) is 0 Å². The predicted octanol–water partition coefficient (Wildman–Crippen LogP) is 6.78. The fourth-order valence-electron chi connectivity index (χ4n) is 6.47. The molecule has 11 heteroatoms. The second-order valence-electron chi connectivity index (χ2n) is 13.4. The van der Waals surface area contributed by atoms with Crippen molar-refractivity contribution in [1.82, 2.24) is 15.6 Å². The van der Waals surface area contributed by atoms with Crippen LogP contribution in [0.25, 0.3) is 22.3 Å². The van der Waals surface area contributed by atoms with E-state index in [1.54, 1.807) is 24.4 Å². The highest BCUT2D eigenvalue weighted by Gasteiger charge is 2.32. The quantitative estimate of drug-likeness (QED) is 0.0875. The van der Waals surface area contributed by atoms with Gasteiger partial charge >= 0.3 is 5.97 Å². The van der Waals surface area contributed by atoms with Crippen LogP contribution in [0.3, 0.4) is 0 Å². The Morgan fingerprint density at radius 3 is 2.47 bits per heavy atom. The Balaban J connectivity index is 1.26. The molecule has 272 valence electrons. The molecule has 4 aromatic carbocycles. The minimum atomic E-state index is -1.59. The van der Waals surface area contributed by atoms with E-state index in [2.05, 4.69) is 71.9 Å². The summed E-state index contributed by atoms with van der Waals surface area (Å²) in [7, 11) is 0. The Kier molecular flexibility index (Phi) is 11.4. The van der Waals surface area contributed by atoms with Crippen molar-refractivity contribution < 1.29 is 29.6 Å². The number of ether oxygens (including phenoxy) is 2. The largest absolute Gasteiger partial charge is 0.488 e. The lowest BCUT2D eigenvalue weighted by molar-refractivity contribution is -0.145. The number of aromatic nitrogens is 1. The van der Waals surface area contributed by atoms with Crippen LogP contribution in [0.4, 0.5) is 0 Å². The first-order valence-electron chi connectivity index (χ1n) is 17.2. The van der Waals surface area contributed by atoms with Crippen LogP contribution in [0.2, 0.25) is 5.02 Å². The maximum absolute atomic E-state index is 11.8. The second kappa shape index (κ2) is 16.2. The van der Waals surface area contributed by atoms with Crippen LogP contribution in [0.1, 0.15) is 57.5 Å². The molecule has 2 atom stereocenters. The molecule has 0 aliphatic carbocycles. The molecule has 53 heavy (non-hydrogen) atoms. The van der Waals surface area contributed by atoms with Crippen molar-refractivity contribution in [3.63, 3.8) is 0 Å². The number of nitrogens with zero attached hydrogens (tertiary/aromatic N) is 2. The number of halogens is 1. The first-order chi connectivity index (χ1) is 25.5. The van der Waals surface area contributed by atoms with E-state index >= 15 is 0 Å². The van der Waals surface area contributed by atoms with Crippen LogP contribution in [-0.2, 0) is 31.1 Å². The van der Waals surface area contributed by atoms with Crippen molar-refractivity contribution in [2.75, 3.05) is 13.2 Å². The molecule has 0 bridgehead atoms. The maximum Gasteiger partial charge on any atom is 0.326 e. The van der Waals surface area contributed by atoms with Gasteiger partial charge in [0.05, 0.1) is 23.3 Å². The molecule has 1 aromatic heterocycles. The number of fused-ring (bicyclic) bond motifs is 1. The normalized spacial score (nSPS) is 14.8. The van der Waals surface area contributed by atoms with Crippen LogP contribution in [0, 0.1) is 25.2 Å². The fraction of sp³-hybridized carbons (Fsp3) is 0.262. The van der Waals surface area contributed by atoms with Crippen molar-refractivity contribution in [2.45, 2.75) is 58.7 Å². The number of benzene rings is 4. The first-order valence-corrected chi connectivity index (χ1v) is 17.6. The number of rotatable bonds is 13. The lowest BCUT2D eigenvalue weighted by atomic mass is 9.88. The number of nitriles is 1. The van der Waals surface area contributed by atoms with Gasteiger partial charge in [0, 0.05) is 49.2 Å². The molecule has 0 amide bonds. The zero-order valence-electron chi connectivity index (χ0n) is 29.7. The Bertz CT molecular complexity index is 2200. The molecule has 0 saturated carbocycles. The molecule has 5 aromatic rings. The molecule has 1 unspecified atom stereocenters. The van der Waals surface area contributed by atoms with Gasteiger partial charge in [-0.1, -0.05) is 60.1 Å². The van der Waals surface area contributed by atoms with Gasteiger partial charge in [-0.15, -0.1) is 0 Å². The summed E-state index contributed by atoms with van der Waals surface area (Å²) in [4.78, 5) is 15.9. The number of carboxylic acid groups (broad SMARTS) is 1. The highest BCUT2D eigenvalue weighted by atomic mass is 35.5. The standard InChI is InChI=1S/C42H41ClN4O6/c1-25-30(6-4-8-34(25)35-9-5-7-33(26(35)2)29-10-11-36-31(13-29)19-46-21-38(36)49)23-53-40-15-39(52-22-28-12-27(16-44)17-45-18-28)32(14-37(40)43)20-47-42(3,24-48)41(50)51/h4-15,17-18,38,46-49H,19-24H2,1-3H3,(H,50,51)/t38?,42-/m0/s1. The van der Waals surface area contributed by atoms with E-state index in [9.17, 15) is 25.4 Å². The lowest BCUT2D eigenvalue weighted by Gasteiger charge is -2.25. The summed E-state index contributed by atoms with van der Waals surface area (Å²) < 4.78 is 12.5. The van der Waals surface area contributed by atoms with E-state index in [-0.39, 0.29) is 19.8 Å². The Hall–Kier alpha value is -5.28. The average molecular weight is 733 g/mol. The number of carbonyl (C=O) groups is 1. The summed E-state index contributed by atoms with van der Waals surface area (Å²) in [6.45, 7) is 6.56. The minimum Gasteiger partial charge on any atom is -0.488 e. The molecular weight excluding hydrogens is 692 g/mol. The lowest BCUT2D eigenvalue weighted by Crippen LogP contribution is -2.52.